The van der Waals surface area contributed by atoms with E-state index < -0.39 is 40.6 Å². The van der Waals surface area contributed by atoms with Gasteiger partial charge in [-0.3, -0.25) is 4.79 Å². The van der Waals surface area contributed by atoms with E-state index >= 15 is 0 Å². The number of halogens is 6. The molecule has 1 aromatic rings. The minimum Gasteiger partial charge on any atom is -0.337 e. The topological polar surface area (TPSA) is 20.3 Å². The molecular formula is C13H11BrF5NO. The van der Waals surface area contributed by atoms with Crippen molar-refractivity contribution in [2.24, 2.45) is 5.92 Å². The number of benzene rings is 1. The van der Waals surface area contributed by atoms with Crippen LogP contribution in [-0.2, 0) is 0 Å². The molecule has 1 aromatic carbocycles. The van der Waals surface area contributed by atoms with Gasteiger partial charge in [-0.1, -0.05) is 22.9 Å². The lowest BCUT2D eigenvalue weighted by molar-refractivity contribution is 0.0692. The van der Waals surface area contributed by atoms with Crippen LogP contribution >= 0.6 is 15.9 Å². The summed E-state index contributed by atoms with van der Waals surface area (Å²) in [4.78, 5) is 13.1. The van der Waals surface area contributed by atoms with Gasteiger partial charge >= 0.3 is 0 Å². The number of nitrogens with zero attached hydrogens (tertiary/aromatic N) is 1. The van der Waals surface area contributed by atoms with Gasteiger partial charge in [0.15, 0.2) is 23.3 Å². The van der Waals surface area contributed by atoms with Crippen LogP contribution in [0.5, 0.6) is 0 Å². The first-order valence-electron chi connectivity index (χ1n) is 6.20. The fraction of sp³-hybridized carbons (Fsp3) is 0.462. The van der Waals surface area contributed by atoms with Crippen molar-refractivity contribution in [2.75, 3.05) is 13.1 Å². The number of carbonyl (C=O) groups is 1. The molecule has 116 valence electrons. The molecule has 1 saturated heterocycles. The Bertz CT molecular complexity index is 565. The Morgan fingerprint density at radius 2 is 1.52 bits per heavy atom. The van der Waals surface area contributed by atoms with E-state index in [1.54, 1.807) is 0 Å². The molecule has 1 heterocycles. The molecule has 0 bridgehead atoms. The molecule has 2 nitrogen and oxygen atoms in total. The third kappa shape index (κ3) is 2.77. The number of amides is 1. The highest BCUT2D eigenvalue weighted by atomic mass is 79.9. The third-order valence-corrected chi connectivity index (χ3v) is 4.77. The Kier molecular flexibility index (Phi) is 4.55. The number of hydrogen-bond acceptors (Lipinski definition) is 1. The normalized spacial score (nSPS) is 22.5. The Hall–Kier alpha value is -1.18. The lowest BCUT2D eigenvalue weighted by Crippen LogP contribution is -2.44. The number of likely N-dealkylation sites (tertiary alicyclic amines) is 1. The maximum atomic E-state index is 13.6. The standard InChI is InChI=1S/C13H11BrF5NO/c1-5-2-3-20(4-6(5)14)13(21)7-8(15)10(17)12(19)11(18)9(7)16/h5-6H,2-4H2,1H3. The summed E-state index contributed by atoms with van der Waals surface area (Å²) in [6.45, 7) is 2.26. The summed E-state index contributed by atoms with van der Waals surface area (Å²) < 4.78 is 66.4. The van der Waals surface area contributed by atoms with Crippen LogP contribution in [0.4, 0.5) is 22.0 Å². The number of piperidine rings is 1. The molecule has 2 atom stereocenters. The summed E-state index contributed by atoms with van der Waals surface area (Å²) in [6, 6.07) is 0. The van der Waals surface area contributed by atoms with Crippen molar-refractivity contribution in [3.63, 3.8) is 0 Å². The fourth-order valence-electron chi connectivity index (χ4n) is 2.16. The maximum absolute atomic E-state index is 13.6. The molecule has 0 aliphatic carbocycles. The second-order valence-corrected chi connectivity index (χ2v) is 6.15. The van der Waals surface area contributed by atoms with Gasteiger partial charge in [0.05, 0.1) is 0 Å². The molecule has 2 rings (SSSR count). The van der Waals surface area contributed by atoms with Crippen molar-refractivity contribution in [3.8, 4) is 0 Å². The van der Waals surface area contributed by atoms with Gasteiger partial charge < -0.3 is 4.90 Å². The smallest absolute Gasteiger partial charge is 0.260 e. The number of alkyl halides is 1. The molecule has 8 heteroatoms. The first-order valence-corrected chi connectivity index (χ1v) is 7.12. The van der Waals surface area contributed by atoms with Gasteiger partial charge in [-0.2, -0.15) is 0 Å². The molecule has 21 heavy (non-hydrogen) atoms. The summed E-state index contributed by atoms with van der Waals surface area (Å²) >= 11 is 3.32. The van der Waals surface area contributed by atoms with Crippen molar-refractivity contribution in [2.45, 2.75) is 18.2 Å². The molecule has 0 N–H and O–H groups in total. The van der Waals surface area contributed by atoms with Gasteiger partial charge in [0.2, 0.25) is 5.82 Å². The molecule has 0 radical (unpaired) electrons. The van der Waals surface area contributed by atoms with Crippen LogP contribution in [0.25, 0.3) is 0 Å². The molecule has 1 fully saturated rings. The average molecular weight is 372 g/mol. The average Bonchev–Trinajstić information content (AvgIpc) is 2.46. The number of carbonyl (C=O) groups excluding carboxylic acids is 1. The summed E-state index contributed by atoms with van der Waals surface area (Å²) in [5.41, 5.74) is -1.40. The van der Waals surface area contributed by atoms with Crippen molar-refractivity contribution in [1.29, 1.82) is 0 Å². The van der Waals surface area contributed by atoms with Gasteiger partial charge in [0.1, 0.15) is 5.56 Å². The molecule has 0 spiro atoms. The molecule has 1 aliphatic rings. The van der Waals surface area contributed by atoms with Crippen molar-refractivity contribution in [1.82, 2.24) is 4.90 Å². The fourth-order valence-corrected chi connectivity index (χ4v) is 2.77. The Morgan fingerprint density at radius 1 is 1.05 bits per heavy atom. The monoisotopic (exact) mass is 371 g/mol. The molecule has 0 aromatic heterocycles. The van der Waals surface area contributed by atoms with E-state index in [-0.39, 0.29) is 23.8 Å². The zero-order valence-electron chi connectivity index (χ0n) is 10.9. The van der Waals surface area contributed by atoms with Gasteiger partial charge in [-0.05, 0) is 12.3 Å². The number of rotatable bonds is 1. The van der Waals surface area contributed by atoms with E-state index in [1.165, 1.54) is 0 Å². The molecule has 1 aliphatic heterocycles. The van der Waals surface area contributed by atoms with Gasteiger partial charge in [0, 0.05) is 17.9 Å². The molecule has 0 saturated carbocycles. The van der Waals surface area contributed by atoms with Gasteiger partial charge in [0.25, 0.3) is 5.91 Å². The van der Waals surface area contributed by atoms with Crippen LogP contribution in [0.1, 0.15) is 23.7 Å². The Morgan fingerprint density at radius 3 is 2.00 bits per heavy atom. The summed E-state index contributed by atoms with van der Waals surface area (Å²) in [5.74, 6) is -11.6. The van der Waals surface area contributed by atoms with Crippen LogP contribution in [0.3, 0.4) is 0 Å². The number of hydrogen-bond donors (Lipinski definition) is 0. The van der Waals surface area contributed by atoms with E-state index in [9.17, 15) is 26.7 Å². The third-order valence-electron chi connectivity index (χ3n) is 3.58. The van der Waals surface area contributed by atoms with E-state index in [2.05, 4.69) is 15.9 Å². The summed E-state index contributed by atoms with van der Waals surface area (Å²) in [7, 11) is 0. The van der Waals surface area contributed by atoms with Crippen LogP contribution in [0, 0.1) is 35.0 Å². The van der Waals surface area contributed by atoms with Crippen LogP contribution in [-0.4, -0.2) is 28.7 Å². The van der Waals surface area contributed by atoms with Gasteiger partial charge in [-0.15, -0.1) is 0 Å². The van der Waals surface area contributed by atoms with E-state index in [0.29, 0.717) is 6.42 Å². The molecule has 1 amide bonds. The lowest BCUT2D eigenvalue weighted by Gasteiger charge is -2.34. The second kappa shape index (κ2) is 5.90. The van der Waals surface area contributed by atoms with E-state index in [0.717, 1.165) is 4.90 Å². The minimum atomic E-state index is -2.27. The Balaban J connectivity index is 2.41. The van der Waals surface area contributed by atoms with Crippen LogP contribution < -0.4 is 0 Å². The van der Waals surface area contributed by atoms with Crippen molar-refractivity contribution >= 4 is 21.8 Å². The van der Waals surface area contributed by atoms with Crippen LogP contribution in [0.2, 0.25) is 0 Å². The highest BCUT2D eigenvalue weighted by molar-refractivity contribution is 9.09. The second-order valence-electron chi connectivity index (χ2n) is 4.98. The highest BCUT2D eigenvalue weighted by Gasteiger charge is 2.34. The lowest BCUT2D eigenvalue weighted by atomic mass is 9.98. The van der Waals surface area contributed by atoms with Gasteiger partial charge in [-0.25, -0.2) is 22.0 Å². The maximum Gasteiger partial charge on any atom is 0.260 e. The van der Waals surface area contributed by atoms with Crippen molar-refractivity contribution in [3.05, 3.63) is 34.6 Å². The SMILES string of the molecule is CC1CCN(C(=O)c2c(F)c(F)c(F)c(F)c2F)CC1Br. The summed E-state index contributed by atoms with van der Waals surface area (Å²) in [6.07, 6.45) is 0.567. The summed E-state index contributed by atoms with van der Waals surface area (Å²) in [5, 5.41) is 0. The van der Waals surface area contributed by atoms with Crippen LogP contribution in [0.15, 0.2) is 0 Å². The van der Waals surface area contributed by atoms with Crippen molar-refractivity contribution < 1.29 is 26.7 Å². The largest absolute Gasteiger partial charge is 0.337 e. The first kappa shape index (κ1) is 16.2. The predicted molar refractivity (Wildman–Crippen MR) is 68.6 cm³/mol. The minimum absolute atomic E-state index is 0.100. The highest BCUT2D eigenvalue weighted by Crippen LogP contribution is 2.28. The Labute approximate surface area is 126 Å². The zero-order valence-corrected chi connectivity index (χ0v) is 12.5. The molecular weight excluding hydrogens is 361 g/mol. The van der Waals surface area contributed by atoms with E-state index in [1.807, 2.05) is 6.92 Å². The first-order chi connectivity index (χ1) is 9.75. The predicted octanol–water partition coefficient (Wildman–Crippen LogP) is 3.63. The molecule has 2 unspecified atom stereocenters. The van der Waals surface area contributed by atoms with E-state index in [4.69, 9.17) is 0 Å². The quantitative estimate of drug-likeness (QED) is 0.319. The zero-order chi connectivity index (χ0) is 15.9.